The second-order valence-electron chi connectivity index (χ2n) is 5.33. The van der Waals surface area contributed by atoms with E-state index in [9.17, 15) is 19.5 Å². The van der Waals surface area contributed by atoms with E-state index in [-0.39, 0.29) is 22.9 Å². The number of nitrogens with zero attached hydrogens (tertiary/aromatic N) is 2. The van der Waals surface area contributed by atoms with E-state index >= 15 is 0 Å². The van der Waals surface area contributed by atoms with Crippen molar-refractivity contribution in [2.75, 3.05) is 11.1 Å². The summed E-state index contributed by atoms with van der Waals surface area (Å²) in [6.45, 7) is 1.41. The van der Waals surface area contributed by atoms with Crippen molar-refractivity contribution in [1.29, 1.82) is 0 Å². The lowest BCUT2D eigenvalue weighted by Gasteiger charge is -2.43. The van der Waals surface area contributed by atoms with Crippen LogP contribution in [-0.4, -0.2) is 43.9 Å². The van der Waals surface area contributed by atoms with Crippen LogP contribution in [0.15, 0.2) is 28.9 Å². The number of carboxylic acids is 1. The summed E-state index contributed by atoms with van der Waals surface area (Å²) in [7, 11) is 0. The van der Waals surface area contributed by atoms with Crippen molar-refractivity contribution < 1.29 is 19.5 Å². The molecule has 9 heteroatoms. The minimum Gasteiger partial charge on any atom is -0.477 e. The highest BCUT2D eigenvalue weighted by Gasteiger charge is 2.45. The number of carbonyl (C=O) groups is 3. The summed E-state index contributed by atoms with van der Waals surface area (Å²) >= 11 is 2.99. The third-order valence-electron chi connectivity index (χ3n) is 3.56. The van der Waals surface area contributed by atoms with Gasteiger partial charge >= 0.3 is 5.97 Å². The average Bonchev–Trinajstić information content (AvgIpc) is 2.51. The Bertz CT molecular complexity index is 750. The van der Waals surface area contributed by atoms with Gasteiger partial charge in [0.05, 0.1) is 11.8 Å². The lowest BCUT2D eigenvalue weighted by molar-refractivity contribution is -0.146. The van der Waals surface area contributed by atoms with E-state index in [2.05, 4.69) is 10.3 Å². The highest BCUT2D eigenvalue weighted by atomic mass is 32.2. The van der Waals surface area contributed by atoms with Crippen molar-refractivity contribution in [3.05, 3.63) is 34.5 Å². The highest BCUT2D eigenvalue weighted by Crippen LogP contribution is 2.43. The van der Waals surface area contributed by atoms with Crippen molar-refractivity contribution >= 4 is 47.1 Å². The van der Waals surface area contributed by atoms with Crippen molar-refractivity contribution in [2.45, 2.75) is 24.5 Å². The maximum atomic E-state index is 11.7. The number of nitrogens with one attached hydrogen (secondary N) is 1. The second kappa shape index (κ2) is 6.86. The number of aliphatic carboxylic acids is 1. The molecule has 2 amide bonds. The van der Waals surface area contributed by atoms with Crippen LogP contribution in [0.4, 0.5) is 5.82 Å². The number of hydrogen-bond acceptors (Lipinski definition) is 6. The highest BCUT2D eigenvalue weighted by molar-refractivity contribution is 8.05. The molecule has 0 aromatic carbocycles. The molecule has 0 aliphatic carbocycles. The van der Waals surface area contributed by atoms with Crippen LogP contribution in [0.2, 0.25) is 0 Å². The van der Waals surface area contributed by atoms with Crippen molar-refractivity contribution in [1.82, 2.24) is 9.88 Å². The molecular formula is C15H15N3O4S2. The van der Waals surface area contributed by atoms with Crippen molar-refractivity contribution in [3.8, 4) is 0 Å². The number of fused-ring (bicyclic) bond motifs is 1. The van der Waals surface area contributed by atoms with Gasteiger partial charge in [-0.05, 0) is 17.7 Å². The maximum absolute atomic E-state index is 11.7. The number of pyridine rings is 1. The third-order valence-corrected chi connectivity index (χ3v) is 6.13. The molecule has 1 aromatic heterocycles. The van der Waals surface area contributed by atoms with Gasteiger partial charge in [-0.15, -0.1) is 23.5 Å². The predicted octanol–water partition coefficient (Wildman–Crippen LogP) is 1.87. The molecule has 2 N–H and O–H groups in total. The molecule has 3 rings (SSSR count). The number of anilines is 1. The number of thioether (sulfide) groups is 2. The van der Waals surface area contributed by atoms with Gasteiger partial charge in [0.25, 0.3) is 0 Å². The topological polar surface area (TPSA) is 99.6 Å². The quantitative estimate of drug-likeness (QED) is 0.769. The Labute approximate surface area is 146 Å². The number of β-lactam (4-membered cyclic amide) rings is 1. The largest absolute Gasteiger partial charge is 0.477 e. The van der Waals surface area contributed by atoms with Crippen molar-refractivity contribution in [2.24, 2.45) is 0 Å². The molecule has 2 aliphatic rings. The number of carbonyl (C=O) groups excluding carboxylic acids is 2. The minimum absolute atomic E-state index is 0.0414. The van der Waals surface area contributed by atoms with Crippen LogP contribution in [0, 0.1) is 0 Å². The van der Waals surface area contributed by atoms with E-state index in [1.54, 1.807) is 24.0 Å². The SMILES string of the molecule is CC(=O)Nc1cc(CSC2=C(C(=O)O)N3C(=O)CC3SC2)ccn1. The molecule has 1 saturated heterocycles. The lowest BCUT2D eigenvalue weighted by Crippen LogP contribution is -2.53. The minimum atomic E-state index is -1.07. The van der Waals surface area contributed by atoms with Gasteiger partial charge in [-0.25, -0.2) is 9.78 Å². The smallest absolute Gasteiger partial charge is 0.353 e. The molecule has 1 atom stereocenters. The molecule has 0 bridgehead atoms. The fourth-order valence-electron chi connectivity index (χ4n) is 2.48. The molecule has 1 unspecified atom stereocenters. The summed E-state index contributed by atoms with van der Waals surface area (Å²) in [5.74, 6) is 0.182. The summed E-state index contributed by atoms with van der Waals surface area (Å²) < 4.78 is 0. The zero-order valence-corrected chi connectivity index (χ0v) is 14.4. The van der Waals surface area contributed by atoms with E-state index in [1.165, 1.54) is 23.6 Å². The first kappa shape index (κ1) is 16.8. The number of hydrogen-bond donors (Lipinski definition) is 2. The van der Waals surface area contributed by atoms with Gasteiger partial charge in [0.2, 0.25) is 11.8 Å². The van der Waals surface area contributed by atoms with E-state index in [0.29, 0.717) is 28.6 Å². The first-order valence-electron chi connectivity index (χ1n) is 7.21. The van der Waals surface area contributed by atoms with Crippen LogP contribution >= 0.6 is 23.5 Å². The van der Waals surface area contributed by atoms with Gasteiger partial charge in [-0.2, -0.15) is 0 Å². The fraction of sp³-hybridized carbons (Fsp3) is 0.333. The molecule has 7 nitrogen and oxygen atoms in total. The number of amides is 2. The van der Waals surface area contributed by atoms with E-state index < -0.39 is 5.97 Å². The first-order chi connectivity index (χ1) is 11.5. The van der Waals surface area contributed by atoms with Crippen LogP contribution in [0.3, 0.4) is 0 Å². The van der Waals surface area contributed by atoms with Crippen LogP contribution in [0.1, 0.15) is 18.9 Å². The summed E-state index contributed by atoms with van der Waals surface area (Å²) in [4.78, 5) is 40.5. The Morgan fingerprint density at radius 3 is 3.00 bits per heavy atom. The maximum Gasteiger partial charge on any atom is 0.353 e. The molecule has 1 fully saturated rings. The van der Waals surface area contributed by atoms with Gasteiger partial charge in [-0.1, -0.05) is 0 Å². The summed E-state index contributed by atoms with van der Waals surface area (Å²) in [5, 5.41) is 12.0. The van der Waals surface area contributed by atoms with Gasteiger partial charge in [-0.3, -0.25) is 14.5 Å². The van der Waals surface area contributed by atoms with Gasteiger partial charge < -0.3 is 10.4 Å². The van der Waals surface area contributed by atoms with Gasteiger partial charge in [0.15, 0.2) is 0 Å². The average molecular weight is 365 g/mol. The third kappa shape index (κ3) is 3.41. The number of rotatable bonds is 5. The first-order valence-corrected chi connectivity index (χ1v) is 9.24. The molecule has 0 spiro atoms. The van der Waals surface area contributed by atoms with Crippen LogP contribution in [0.25, 0.3) is 0 Å². The monoisotopic (exact) mass is 365 g/mol. The van der Waals surface area contributed by atoms with E-state index in [4.69, 9.17) is 0 Å². The fourth-order valence-corrected chi connectivity index (χ4v) is 4.97. The molecule has 126 valence electrons. The number of carboxylic acid groups (broad SMARTS) is 1. The molecule has 0 radical (unpaired) electrons. The molecule has 24 heavy (non-hydrogen) atoms. The second-order valence-corrected chi connectivity index (χ2v) is 7.57. The Hall–Kier alpha value is -2.00. The van der Waals surface area contributed by atoms with Crippen molar-refractivity contribution in [3.63, 3.8) is 0 Å². The van der Waals surface area contributed by atoms with Crippen LogP contribution in [-0.2, 0) is 20.1 Å². The predicted molar refractivity (Wildman–Crippen MR) is 92.2 cm³/mol. The summed E-state index contributed by atoms with van der Waals surface area (Å²) in [6, 6.07) is 3.57. The molecule has 2 aliphatic heterocycles. The Balaban J connectivity index is 1.75. The normalized spacial score (nSPS) is 19.6. The number of aromatic nitrogens is 1. The summed E-state index contributed by atoms with van der Waals surface area (Å²) in [6.07, 6.45) is 2.00. The lowest BCUT2D eigenvalue weighted by atomic mass is 10.1. The van der Waals surface area contributed by atoms with Gasteiger partial charge in [0, 0.05) is 29.5 Å². The summed E-state index contributed by atoms with van der Waals surface area (Å²) in [5.41, 5.74) is 1.02. The van der Waals surface area contributed by atoms with E-state index in [1.807, 2.05) is 6.07 Å². The standard InChI is InChI=1S/C15H15N3O4S2/c1-8(19)17-11-4-9(2-3-16-11)6-23-10-7-24-13-5-12(20)18(13)14(10)15(21)22/h2-4,13H,5-7H2,1H3,(H,21,22)(H,16,17,19). The zero-order valence-electron chi connectivity index (χ0n) is 12.8. The van der Waals surface area contributed by atoms with Gasteiger partial charge in [0.1, 0.15) is 11.5 Å². The molecule has 1 aromatic rings. The Morgan fingerprint density at radius 1 is 1.54 bits per heavy atom. The van der Waals surface area contributed by atoms with E-state index in [0.717, 1.165) is 5.56 Å². The van der Waals surface area contributed by atoms with Crippen LogP contribution < -0.4 is 5.32 Å². The molecule has 3 heterocycles. The molecular weight excluding hydrogens is 350 g/mol. The molecule has 0 saturated carbocycles. The zero-order chi connectivity index (χ0) is 17.3. The Kier molecular flexibility index (Phi) is 4.81. The van der Waals surface area contributed by atoms with Crippen LogP contribution in [0.5, 0.6) is 0 Å². The Morgan fingerprint density at radius 2 is 2.33 bits per heavy atom.